The normalized spacial score (nSPS) is 23.3. The van der Waals surface area contributed by atoms with Gasteiger partial charge in [0.2, 0.25) is 0 Å². The van der Waals surface area contributed by atoms with Gasteiger partial charge in [-0.25, -0.2) is 0 Å². The first kappa shape index (κ1) is 14.0. The third-order valence-corrected chi connectivity index (χ3v) is 4.76. The summed E-state index contributed by atoms with van der Waals surface area (Å²) in [6.07, 6.45) is 2.57. The van der Waals surface area contributed by atoms with E-state index in [2.05, 4.69) is 59.8 Å². The van der Waals surface area contributed by atoms with Crippen LogP contribution in [0.25, 0.3) is 0 Å². The number of hydrogen-bond donors (Lipinski definition) is 1. The fraction of sp³-hybridized carbons (Fsp3) is 0.600. The van der Waals surface area contributed by atoms with Crippen molar-refractivity contribution >= 4 is 15.9 Å². The Kier molecular flexibility index (Phi) is 4.15. The Morgan fingerprint density at radius 1 is 1.44 bits per heavy atom. The van der Waals surface area contributed by atoms with Crippen LogP contribution >= 0.6 is 15.9 Å². The first-order valence-corrected chi connectivity index (χ1v) is 7.50. The van der Waals surface area contributed by atoms with Crippen LogP contribution in [0.3, 0.4) is 0 Å². The van der Waals surface area contributed by atoms with E-state index in [1.54, 1.807) is 0 Å². The van der Waals surface area contributed by atoms with Crippen LogP contribution in [0.15, 0.2) is 28.7 Å². The standard InChI is InChI=1S/C15H23BrN2/c1-11-6-5-9-18(11)15(2,3)14(17)12-7-4-8-13(16)10-12/h4,7-8,10-11,14H,5-6,9,17H2,1-3H3. The minimum absolute atomic E-state index is 0.00326. The summed E-state index contributed by atoms with van der Waals surface area (Å²) in [5.74, 6) is 0. The van der Waals surface area contributed by atoms with Crippen LogP contribution in [0.4, 0.5) is 0 Å². The van der Waals surface area contributed by atoms with E-state index in [1.807, 2.05) is 6.07 Å². The lowest BCUT2D eigenvalue weighted by Crippen LogP contribution is -2.52. The molecule has 1 saturated heterocycles. The second-order valence-electron chi connectivity index (χ2n) is 5.87. The number of rotatable bonds is 3. The predicted molar refractivity (Wildman–Crippen MR) is 80.6 cm³/mol. The molecular weight excluding hydrogens is 288 g/mol. The van der Waals surface area contributed by atoms with Crippen LogP contribution in [0.5, 0.6) is 0 Å². The summed E-state index contributed by atoms with van der Waals surface area (Å²) >= 11 is 3.52. The average molecular weight is 311 g/mol. The molecule has 18 heavy (non-hydrogen) atoms. The SMILES string of the molecule is CC1CCCN1C(C)(C)C(N)c1cccc(Br)c1. The Balaban J connectivity index is 2.23. The van der Waals surface area contributed by atoms with E-state index in [4.69, 9.17) is 5.73 Å². The van der Waals surface area contributed by atoms with Gasteiger partial charge >= 0.3 is 0 Å². The third-order valence-electron chi connectivity index (χ3n) is 4.26. The first-order valence-electron chi connectivity index (χ1n) is 6.70. The maximum Gasteiger partial charge on any atom is 0.0477 e. The van der Waals surface area contributed by atoms with Gasteiger partial charge in [0.25, 0.3) is 0 Å². The van der Waals surface area contributed by atoms with Gasteiger partial charge in [0.1, 0.15) is 0 Å². The molecule has 1 aliphatic heterocycles. The third kappa shape index (κ3) is 2.63. The molecule has 2 rings (SSSR count). The Bertz CT molecular complexity index is 417. The van der Waals surface area contributed by atoms with Gasteiger partial charge in [-0.15, -0.1) is 0 Å². The summed E-state index contributed by atoms with van der Waals surface area (Å²) < 4.78 is 1.10. The van der Waals surface area contributed by atoms with Crippen molar-refractivity contribution in [1.29, 1.82) is 0 Å². The van der Waals surface area contributed by atoms with Gasteiger partial charge in [-0.1, -0.05) is 28.1 Å². The summed E-state index contributed by atoms with van der Waals surface area (Å²) in [6.45, 7) is 8.00. The van der Waals surface area contributed by atoms with Gasteiger partial charge in [-0.3, -0.25) is 4.90 Å². The van der Waals surface area contributed by atoms with Gasteiger partial charge in [0, 0.05) is 22.1 Å². The van der Waals surface area contributed by atoms with Crippen LogP contribution in [0.2, 0.25) is 0 Å². The Morgan fingerprint density at radius 2 is 2.17 bits per heavy atom. The monoisotopic (exact) mass is 310 g/mol. The first-order chi connectivity index (χ1) is 8.43. The summed E-state index contributed by atoms with van der Waals surface area (Å²) in [5, 5.41) is 0. The largest absolute Gasteiger partial charge is 0.322 e. The lowest BCUT2D eigenvalue weighted by atomic mass is 9.87. The van der Waals surface area contributed by atoms with E-state index >= 15 is 0 Å². The highest BCUT2D eigenvalue weighted by molar-refractivity contribution is 9.10. The highest BCUT2D eigenvalue weighted by atomic mass is 79.9. The molecule has 1 aromatic carbocycles. The number of likely N-dealkylation sites (tertiary alicyclic amines) is 1. The lowest BCUT2D eigenvalue weighted by Gasteiger charge is -2.43. The van der Waals surface area contributed by atoms with Gasteiger partial charge in [-0.05, 0) is 57.9 Å². The van der Waals surface area contributed by atoms with Crippen molar-refractivity contribution < 1.29 is 0 Å². The Morgan fingerprint density at radius 3 is 2.72 bits per heavy atom. The molecule has 1 heterocycles. The van der Waals surface area contributed by atoms with Crippen molar-refractivity contribution in [2.24, 2.45) is 5.73 Å². The molecule has 1 aliphatic rings. The van der Waals surface area contributed by atoms with Crippen molar-refractivity contribution in [2.45, 2.75) is 51.2 Å². The molecule has 100 valence electrons. The van der Waals surface area contributed by atoms with Crippen LogP contribution < -0.4 is 5.73 Å². The molecule has 2 atom stereocenters. The topological polar surface area (TPSA) is 29.3 Å². The minimum Gasteiger partial charge on any atom is -0.322 e. The summed E-state index contributed by atoms with van der Waals surface area (Å²) in [7, 11) is 0. The van der Waals surface area contributed by atoms with Crippen LogP contribution in [0, 0.1) is 0 Å². The average Bonchev–Trinajstić information content (AvgIpc) is 2.75. The van der Waals surface area contributed by atoms with Gasteiger partial charge in [0.15, 0.2) is 0 Å². The molecule has 1 aromatic rings. The molecule has 2 N–H and O–H groups in total. The fourth-order valence-corrected chi connectivity index (χ4v) is 3.49. The molecular formula is C15H23BrN2. The fourth-order valence-electron chi connectivity index (χ4n) is 3.08. The molecule has 0 spiro atoms. The zero-order valence-corrected chi connectivity index (χ0v) is 13.1. The van der Waals surface area contributed by atoms with Crippen molar-refractivity contribution in [3.63, 3.8) is 0 Å². The van der Waals surface area contributed by atoms with Gasteiger partial charge < -0.3 is 5.73 Å². The number of halogens is 1. The summed E-state index contributed by atoms with van der Waals surface area (Å²) in [5.41, 5.74) is 7.72. The Hall–Kier alpha value is -0.380. The smallest absolute Gasteiger partial charge is 0.0477 e. The molecule has 1 fully saturated rings. The molecule has 2 nitrogen and oxygen atoms in total. The van der Waals surface area contributed by atoms with E-state index in [0.717, 1.165) is 11.0 Å². The summed E-state index contributed by atoms with van der Waals surface area (Å²) in [4.78, 5) is 2.55. The second-order valence-corrected chi connectivity index (χ2v) is 6.79. The van der Waals surface area contributed by atoms with E-state index in [1.165, 1.54) is 18.4 Å². The van der Waals surface area contributed by atoms with Gasteiger partial charge in [-0.2, -0.15) is 0 Å². The maximum atomic E-state index is 6.52. The highest BCUT2D eigenvalue weighted by Crippen LogP contribution is 2.35. The maximum absolute atomic E-state index is 6.52. The van der Waals surface area contributed by atoms with Crippen molar-refractivity contribution in [3.05, 3.63) is 34.3 Å². The molecule has 2 unspecified atom stereocenters. The van der Waals surface area contributed by atoms with E-state index in [0.29, 0.717) is 6.04 Å². The van der Waals surface area contributed by atoms with Crippen molar-refractivity contribution in [3.8, 4) is 0 Å². The van der Waals surface area contributed by atoms with Gasteiger partial charge in [0.05, 0.1) is 0 Å². The molecule has 0 aliphatic carbocycles. The second kappa shape index (κ2) is 5.32. The zero-order valence-electron chi connectivity index (χ0n) is 11.5. The molecule has 0 aromatic heterocycles. The van der Waals surface area contributed by atoms with E-state index in [-0.39, 0.29) is 11.6 Å². The molecule has 0 saturated carbocycles. The number of benzene rings is 1. The van der Waals surface area contributed by atoms with Crippen LogP contribution in [-0.4, -0.2) is 23.0 Å². The van der Waals surface area contributed by atoms with Crippen molar-refractivity contribution in [1.82, 2.24) is 4.90 Å². The number of hydrogen-bond acceptors (Lipinski definition) is 2. The minimum atomic E-state index is -0.00326. The highest BCUT2D eigenvalue weighted by Gasteiger charge is 2.38. The molecule has 0 amide bonds. The van der Waals surface area contributed by atoms with Crippen molar-refractivity contribution in [2.75, 3.05) is 6.54 Å². The zero-order chi connectivity index (χ0) is 13.3. The van der Waals surface area contributed by atoms with E-state index < -0.39 is 0 Å². The number of nitrogens with zero attached hydrogens (tertiary/aromatic N) is 1. The lowest BCUT2D eigenvalue weighted by molar-refractivity contribution is 0.0876. The number of nitrogens with two attached hydrogens (primary N) is 1. The predicted octanol–water partition coefficient (Wildman–Crippen LogP) is 3.71. The molecule has 3 heteroatoms. The summed E-state index contributed by atoms with van der Waals surface area (Å²) in [6, 6.07) is 9.03. The molecule has 0 radical (unpaired) electrons. The van der Waals surface area contributed by atoms with Crippen LogP contribution in [-0.2, 0) is 0 Å². The van der Waals surface area contributed by atoms with E-state index in [9.17, 15) is 0 Å². The quantitative estimate of drug-likeness (QED) is 0.922. The Labute approximate surface area is 119 Å². The van der Waals surface area contributed by atoms with Crippen LogP contribution in [0.1, 0.15) is 45.2 Å². The molecule has 0 bridgehead atoms.